The summed E-state index contributed by atoms with van der Waals surface area (Å²) >= 11 is 0. The number of hydrogen-bond donors (Lipinski definition) is 1. The average molecular weight is 279 g/mol. The second-order valence-electron chi connectivity index (χ2n) is 3.58. The third kappa shape index (κ3) is 10.2. The molecular formula is C11H21NO5S. The van der Waals surface area contributed by atoms with Crippen LogP contribution in [0.15, 0.2) is 12.7 Å². The van der Waals surface area contributed by atoms with Gasteiger partial charge in [-0.25, -0.2) is 13.1 Å². The van der Waals surface area contributed by atoms with E-state index < -0.39 is 16.0 Å². The minimum absolute atomic E-state index is 0.0885. The number of hydrogen-bond acceptors (Lipinski definition) is 5. The number of sulfonamides is 1. The van der Waals surface area contributed by atoms with E-state index in [4.69, 9.17) is 4.74 Å². The monoisotopic (exact) mass is 279 g/mol. The largest absolute Gasteiger partial charge is 0.469 e. The topological polar surface area (TPSA) is 81.7 Å². The number of esters is 1. The molecule has 7 heteroatoms. The van der Waals surface area contributed by atoms with E-state index in [9.17, 15) is 13.2 Å². The van der Waals surface area contributed by atoms with Crippen molar-refractivity contribution in [3.05, 3.63) is 12.7 Å². The molecule has 0 radical (unpaired) electrons. The fraction of sp³-hybridized carbons (Fsp3) is 0.727. The molecule has 1 N–H and O–H groups in total. The Labute approximate surface area is 108 Å². The molecule has 0 aromatic heterocycles. The molecule has 0 aromatic carbocycles. The van der Waals surface area contributed by atoms with Gasteiger partial charge in [-0.1, -0.05) is 6.08 Å². The highest BCUT2D eigenvalue weighted by atomic mass is 32.2. The lowest BCUT2D eigenvalue weighted by molar-refractivity contribution is -0.140. The molecule has 0 aliphatic rings. The Morgan fingerprint density at radius 3 is 2.72 bits per heavy atom. The summed E-state index contributed by atoms with van der Waals surface area (Å²) in [4.78, 5) is 10.8. The van der Waals surface area contributed by atoms with Crippen molar-refractivity contribution in [1.29, 1.82) is 0 Å². The maximum Gasteiger partial charge on any atom is 0.305 e. The normalized spacial score (nSPS) is 11.2. The summed E-state index contributed by atoms with van der Waals surface area (Å²) < 4.78 is 34.9. The van der Waals surface area contributed by atoms with Crippen LogP contribution in [0, 0.1) is 0 Å². The number of methoxy groups -OCH3 is 1. The standard InChI is InChI=1S/C11H21NO5S/c1-3-4-8-17-9-7-12-18(14,15)10-5-6-11(13)16-2/h3,12H,1,4-10H2,2H3. The van der Waals surface area contributed by atoms with E-state index >= 15 is 0 Å². The van der Waals surface area contributed by atoms with Crippen LogP contribution in [-0.2, 0) is 24.3 Å². The molecule has 106 valence electrons. The fourth-order valence-corrected chi connectivity index (χ4v) is 2.18. The van der Waals surface area contributed by atoms with Gasteiger partial charge in [-0.05, 0) is 12.8 Å². The first-order chi connectivity index (χ1) is 8.52. The molecule has 0 fully saturated rings. The van der Waals surface area contributed by atoms with Gasteiger partial charge in [0.1, 0.15) is 0 Å². The summed E-state index contributed by atoms with van der Waals surface area (Å²) in [6.07, 6.45) is 2.83. The van der Waals surface area contributed by atoms with E-state index in [-0.39, 0.29) is 25.1 Å². The van der Waals surface area contributed by atoms with Crippen molar-refractivity contribution in [1.82, 2.24) is 4.72 Å². The van der Waals surface area contributed by atoms with Crippen LogP contribution in [0.5, 0.6) is 0 Å². The van der Waals surface area contributed by atoms with E-state index in [1.165, 1.54) is 7.11 Å². The molecular weight excluding hydrogens is 258 g/mol. The summed E-state index contributed by atoms with van der Waals surface area (Å²) in [5.41, 5.74) is 0. The van der Waals surface area contributed by atoms with Gasteiger partial charge in [0.2, 0.25) is 10.0 Å². The van der Waals surface area contributed by atoms with Gasteiger partial charge in [-0.15, -0.1) is 6.58 Å². The third-order valence-electron chi connectivity index (χ3n) is 2.06. The molecule has 0 amide bonds. The van der Waals surface area contributed by atoms with Crippen molar-refractivity contribution in [2.24, 2.45) is 0 Å². The highest BCUT2D eigenvalue weighted by molar-refractivity contribution is 7.89. The van der Waals surface area contributed by atoms with E-state index in [1.54, 1.807) is 6.08 Å². The zero-order valence-corrected chi connectivity index (χ0v) is 11.5. The first kappa shape index (κ1) is 17.1. The minimum atomic E-state index is -3.34. The molecule has 0 spiro atoms. The Bertz CT molecular complexity index is 339. The number of ether oxygens (including phenoxy) is 2. The van der Waals surface area contributed by atoms with Crippen LogP contribution in [-0.4, -0.2) is 47.0 Å². The smallest absolute Gasteiger partial charge is 0.305 e. The van der Waals surface area contributed by atoms with Gasteiger partial charge in [-0.3, -0.25) is 4.79 Å². The molecule has 0 bridgehead atoms. The molecule has 18 heavy (non-hydrogen) atoms. The van der Waals surface area contributed by atoms with Gasteiger partial charge in [-0.2, -0.15) is 0 Å². The van der Waals surface area contributed by atoms with Crippen molar-refractivity contribution in [2.45, 2.75) is 19.3 Å². The molecule has 0 unspecified atom stereocenters. The number of rotatable bonds is 11. The second kappa shape index (κ2) is 10.0. The minimum Gasteiger partial charge on any atom is -0.469 e. The number of carbonyl (C=O) groups is 1. The van der Waals surface area contributed by atoms with E-state index in [2.05, 4.69) is 16.0 Å². The van der Waals surface area contributed by atoms with E-state index in [1.807, 2.05) is 0 Å². The van der Waals surface area contributed by atoms with Crippen molar-refractivity contribution in [3.63, 3.8) is 0 Å². The average Bonchev–Trinajstić information content (AvgIpc) is 2.33. The van der Waals surface area contributed by atoms with Gasteiger partial charge in [0, 0.05) is 13.0 Å². The van der Waals surface area contributed by atoms with Gasteiger partial charge < -0.3 is 9.47 Å². The molecule has 0 rings (SSSR count). The number of carbonyl (C=O) groups excluding carboxylic acids is 1. The van der Waals surface area contributed by atoms with Crippen LogP contribution in [0.2, 0.25) is 0 Å². The Hall–Kier alpha value is -0.920. The Morgan fingerprint density at radius 1 is 1.39 bits per heavy atom. The highest BCUT2D eigenvalue weighted by Gasteiger charge is 2.10. The second-order valence-corrected chi connectivity index (χ2v) is 5.51. The molecule has 0 saturated carbocycles. The summed E-state index contributed by atoms with van der Waals surface area (Å²) in [6, 6.07) is 0. The predicted molar refractivity (Wildman–Crippen MR) is 68.7 cm³/mol. The van der Waals surface area contributed by atoms with Gasteiger partial charge in [0.25, 0.3) is 0 Å². The molecule has 0 aromatic rings. The Kier molecular flexibility index (Phi) is 9.53. The number of nitrogens with one attached hydrogen (secondary N) is 1. The predicted octanol–water partition coefficient (Wildman–Crippen LogP) is 0.452. The highest BCUT2D eigenvalue weighted by Crippen LogP contribution is 1.96. The lowest BCUT2D eigenvalue weighted by Gasteiger charge is -2.06. The van der Waals surface area contributed by atoms with Crippen LogP contribution in [0.4, 0.5) is 0 Å². The summed E-state index contributed by atoms with van der Waals surface area (Å²) in [6.45, 7) is 4.64. The zero-order valence-electron chi connectivity index (χ0n) is 10.7. The van der Waals surface area contributed by atoms with Crippen molar-refractivity contribution >= 4 is 16.0 Å². The van der Waals surface area contributed by atoms with Crippen LogP contribution in [0.25, 0.3) is 0 Å². The third-order valence-corrected chi connectivity index (χ3v) is 3.53. The van der Waals surface area contributed by atoms with E-state index in [0.29, 0.717) is 13.2 Å². The molecule has 0 atom stereocenters. The molecule has 0 aliphatic heterocycles. The fourth-order valence-electron chi connectivity index (χ4n) is 1.12. The summed E-state index contributed by atoms with van der Waals surface area (Å²) in [7, 11) is -2.06. The molecule has 0 heterocycles. The molecule has 0 saturated heterocycles. The Balaban J connectivity index is 3.61. The SMILES string of the molecule is C=CCCOCCNS(=O)(=O)CCCC(=O)OC. The van der Waals surface area contributed by atoms with Crippen LogP contribution in [0.3, 0.4) is 0 Å². The quantitative estimate of drug-likeness (QED) is 0.337. The van der Waals surface area contributed by atoms with Crippen LogP contribution >= 0.6 is 0 Å². The van der Waals surface area contributed by atoms with Gasteiger partial charge >= 0.3 is 5.97 Å². The summed E-state index contributed by atoms with van der Waals surface area (Å²) in [5, 5.41) is 0. The van der Waals surface area contributed by atoms with Gasteiger partial charge in [0.05, 0.1) is 26.1 Å². The maximum atomic E-state index is 11.5. The van der Waals surface area contributed by atoms with Crippen molar-refractivity contribution in [3.8, 4) is 0 Å². The van der Waals surface area contributed by atoms with Crippen LogP contribution in [0.1, 0.15) is 19.3 Å². The maximum absolute atomic E-state index is 11.5. The lowest BCUT2D eigenvalue weighted by atomic mass is 10.3. The Morgan fingerprint density at radius 2 is 2.11 bits per heavy atom. The zero-order chi connectivity index (χ0) is 13.9. The first-order valence-corrected chi connectivity index (χ1v) is 7.40. The summed E-state index contributed by atoms with van der Waals surface area (Å²) in [5.74, 6) is -0.493. The van der Waals surface area contributed by atoms with Crippen LogP contribution < -0.4 is 4.72 Å². The van der Waals surface area contributed by atoms with E-state index in [0.717, 1.165) is 6.42 Å². The van der Waals surface area contributed by atoms with Crippen molar-refractivity contribution in [2.75, 3.05) is 32.6 Å². The van der Waals surface area contributed by atoms with Gasteiger partial charge in [0.15, 0.2) is 0 Å². The first-order valence-electron chi connectivity index (χ1n) is 5.74. The molecule has 0 aliphatic carbocycles. The van der Waals surface area contributed by atoms with Crippen molar-refractivity contribution < 1.29 is 22.7 Å². The molecule has 6 nitrogen and oxygen atoms in total. The lowest BCUT2D eigenvalue weighted by Crippen LogP contribution is -2.30.